The topological polar surface area (TPSA) is 35.5 Å². The van der Waals surface area contributed by atoms with Gasteiger partial charge in [0.2, 0.25) is 0 Å². The number of rotatable bonds is 2. The van der Waals surface area contributed by atoms with E-state index in [1.54, 1.807) is 0 Å². The maximum Gasteiger partial charge on any atom is 0.0747 e. The van der Waals surface area contributed by atoms with Crippen molar-refractivity contribution in [1.29, 1.82) is 0 Å². The minimum absolute atomic E-state index is 1.35. The lowest BCUT2D eigenvalue weighted by molar-refractivity contribution is 0.316. The molecule has 0 aromatic rings. The molecule has 4 heteroatoms. The Morgan fingerprint density at radius 1 is 1.29 bits per heavy atom. The van der Waals surface area contributed by atoms with Crippen LogP contribution in [0.3, 0.4) is 0 Å². The van der Waals surface area contributed by atoms with Gasteiger partial charge in [0.1, 0.15) is 0 Å². The highest BCUT2D eigenvalue weighted by Gasteiger charge is 1.97. The summed E-state index contributed by atoms with van der Waals surface area (Å²) in [6.07, 6.45) is 1.41. The lowest BCUT2D eigenvalue weighted by Crippen LogP contribution is -2.12. The quantitative estimate of drug-likeness (QED) is 0.518. The minimum atomic E-state index is -2.65. The molecule has 3 nitrogen and oxygen atoms in total. The van der Waals surface area contributed by atoms with Gasteiger partial charge in [-0.1, -0.05) is 0 Å². The molecule has 0 aliphatic heterocycles. The Kier molecular flexibility index (Phi) is 2.42. The molecule has 0 aliphatic carbocycles. The van der Waals surface area contributed by atoms with Gasteiger partial charge in [-0.3, -0.25) is 8.37 Å². The van der Waals surface area contributed by atoms with E-state index in [2.05, 4.69) is 8.37 Å². The summed E-state index contributed by atoms with van der Waals surface area (Å²) >= 11 is 0. The number of hydrogen-bond donors (Lipinski definition) is 1. The molecule has 0 fully saturated rings. The summed E-state index contributed by atoms with van der Waals surface area (Å²) in [5.41, 5.74) is 0. The van der Waals surface area contributed by atoms with E-state index in [0.29, 0.717) is 0 Å². The first-order valence-corrected chi connectivity index (χ1v) is 3.80. The van der Waals surface area contributed by atoms with Crippen LogP contribution in [0.4, 0.5) is 0 Å². The Bertz CT molecular complexity index is 82.2. The maximum absolute atomic E-state index is 10.5. The molecular formula is C3H10O3S. The highest BCUT2D eigenvalue weighted by atomic mass is 32.3. The maximum atomic E-state index is 10.5. The van der Waals surface area contributed by atoms with Gasteiger partial charge >= 0.3 is 0 Å². The number of hydrogen-bond acceptors (Lipinski definition) is 3. The molecule has 0 bridgehead atoms. The van der Waals surface area contributed by atoms with Gasteiger partial charge in [0.25, 0.3) is 0 Å². The molecule has 0 radical (unpaired) electrons. The van der Waals surface area contributed by atoms with Gasteiger partial charge in [-0.05, 0) is 0 Å². The van der Waals surface area contributed by atoms with Crippen molar-refractivity contribution in [2.45, 2.75) is 0 Å². The molecule has 0 amide bonds. The van der Waals surface area contributed by atoms with Crippen molar-refractivity contribution in [3.63, 3.8) is 0 Å². The van der Waals surface area contributed by atoms with Gasteiger partial charge in [0.15, 0.2) is 0 Å². The third-order valence-corrected chi connectivity index (χ3v) is 1.99. The van der Waals surface area contributed by atoms with E-state index in [1.807, 2.05) is 0 Å². The summed E-state index contributed by atoms with van der Waals surface area (Å²) in [5, 5.41) is 0. The van der Waals surface area contributed by atoms with Gasteiger partial charge in [-0.15, -0.1) is 0 Å². The summed E-state index contributed by atoms with van der Waals surface area (Å²) in [6.45, 7) is 0. The van der Waals surface area contributed by atoms with E-state index < -0.39 is 10.5 Å². The zero-order valence-corrected chi connectivity index (χ0v) is 5.57. The van der Waals surface area contributed by atoms with Crippen LogP contribution in [0.5, 0.6) is 0 Å². The number of thiol groups is 1. The first-order chi connectivity index (χ1) is 3.12. The van der Waals surface area contributed by atoms with Crippen LogP contribution in [0.1, 0.15) is 0 Å². The second kappa shape index (κ2) is 2.40. The Balaban J connectivity index is 3.61. The smallest absolute Gasteiger partial charge is 0.0747 e. The third-order valence-electron chi connectivity index (χ3n) is 0.663. The van der Waals surface area contributed by atoms with Gasteiger partial charge < -0.3 is 0 Å². The van der Waals surface area contributed by atoms with Crippen LogP contribution in [0, 0.1) is 0 Å². The summed E-state index contributed by atoms with van der Waals surface area (Å²) < 4.78 is 19.3. The normalized spacial score (nSPS) is 14.1. The molecule has 0 spiro atoms. The van der Waals surface area contributed by atoms with Crippen molar-refractivity contribution in [3.05, 3.63) is 0 Å². The SMILES string of the molecule is CO[SH](C)(=O)OC. The molecule has 0 atom stereocenters. The van der Waals surface area contributed by atoms with E-state index in [4.69, 9.17) is 0 Å². The Morgan fingerprint density at radius 2 is 1.57 bits per heavy atom. The van der Waals surface area contributed by atoms with E-state index in [1.165, 1.54) is 20.5 Å². The zero-order chi connectivity index (χ0) is 5.91. The largest absolute Gasteiger partial charge is 0.297 e. The second-order valence-corrected chi connectivity index (χ2v) is 3.41. The summed E-state index contributed by atoms with van der Waals surface area (Å²) in [6, 6.07) is 0. The predicted molar refractivity (Wildman–Crippen MR) is 29.5 cm³/mol. The second-order valence-electron chi connectivity index (χ2n) is 1.14. The van der Waals surface area contributed by atoms with E-state index in [-0.39, 0.29) is 0 Å². The van der Waals surface area contributed by atoms with Gasteiger partial charge in [0.05, 0.1) is 24.7 Å². The van der Waals surface area contributed by atoms with Crippen molar-refractivity contribution < 1.29 is 12.6 Å². The van der Waals surface area contributed by atoms with Gasteiger partial charge in [0, 0.05) is 6.26 Å². The zero-order valence-electron chi connectivity index (χ0n) is 4.67. The predicted octanol–water partition coefficient (Wildman–Crippen LogP) is -0.244. The fourth-order valence-electron chi connectivity index (χ4n) is 0.0745. The van der Waals surface area contributed by atoms with Crippen molar-refractivity contribution in [1.82, 2.24) is 0 Å². The molecule has 0 N–H and O–H groups in total. The van der Waals surface area contributed by atoms with Crippen LogP contribution < -0.4 is 0 Å². The van der Waals surface area contributed by atoms with Gasteiger partial charge in [-0.2, -0.15) is 0 Å². The lowest BCUT2D eigenvalue weighted by Gasteiger charge is -2.12. The van der Waals surface area contributed by atoms with Crippen molar-refractivity contribution in [3.8, 4) is 0 Å². The van der Waals surface area contributed by atoms with Gasteiger partial charge in [-0.25, -0.2) is 4.21 Å². The fourth-order valence-corrected chi connectivity index (χ4v) is 0.224. The Morgan fingerprint density at radius 3 is 1.57 bits per heavy atom. The summed E-state index contributed by atoms with van der Waals surface area (Å²) in [5.74, 6) is 0. The third kappa shape index (κ3) is 2.73. The van der Waals surface area contributed by atoms with Crippen molar-refractivity contribution in [2.75, 3.05) is 20.5 Å². The fraction of sp³-hybridized carbons (Fsp3) is 1.00. The lowest BCUT2D eigenvalue weighted by atomic mass is 11.8. The molecule has 0 heterocycles. The molecule has 0 saturated heterocycles. The molecule has 46 valence electrons. The van der Waals surface area contributed by atoms with Crippen LogP contribution in [-0.2, 0) is 18.9 Å². The average Bonchev–Trinajstić information content (AvgIpc) is 1.68. The Hall–Kier alpha value is 0.0700. The van der Waals surface area contributed by atoms with E-state index in [0.717, 1.165) is 0 Å². The first-order valence-electron chi connectivity index (χ1n) is 1.81. The van der Waals surface area contributed by atoms with Crippen LogP contribution in [-0.4, -0.2) is 24.7 Å². The van der Waals surface area contributed by atoms with Crippen molar-refractivity contribution in [2.24, 2.45) is 0 Å². The van der Waals surface area contributed by atoms with E-state index >= 15 is 0 Å². The van der Waals surface area contributed by atoms with Crippen molar-refractivity contribution >= 4 is 10.5 Å². The molecule has 0 aliphatic rings. The highest BCUT2D eigenvalue weighted by Crippen LogP contribution is 1.96. The van der Waals surface area contributed by atoms with Crippen LogP contribution in [0.2, 0.25) is 0 Å². The average molecular weight is 126 g/mol. The standard InChI is InChI=1S/C3H10O3S/c1-5-7(3,4)6-2/h7H,1-3H3. The summed E-state index contributed by atoms with van der Waals surface area (Å²) in [7, 11) is 0.0486. The summed E-state index contributed by atoms with van der Waals surface area (Å²) in [4.78, 5) is 0. The van der Waals surface area contributed by atoms with Crippen LogP contribution >= 0.6 is 0 Å². The molecule has 0 aromatic heterocycles. The molecule has 0 rings (SSSR count). The minimum Gasteiger partial charge on any atom is -0.297 e. The van der Waals surface area contributed by atoms with Crippen LogP contribution in [0.25, 0.3) is 0 Å². The molecule has 0 saturated carbocycles. The highest BCUT2D eigenvalue weighted by molar-refractivity contribution is 7.93. The Labute approximate surface area is 44.5 Å². The van der Waals surface area contributed by atoms with E-state index in [9.17, 15) is 4.21 Å². The molecular weight excluding hydrogens is 116 g/mol. The molecule has 0 unspecified atom stereocenters. The molecule has 0 aromatic carbocycles. The first kappa shape index (κ1) is 7.07. The molecule has 7 heavy (non-hydrogen) atoms. The monoisotopic (exact) mass is 126 g/mol. The van der Waals surface area contributed by atoms with Crippen LogP contribution in [0.15, 0.2) is 0 Å².